The van der Waals surface area contributed by atoms with Gasteiger partial charge in [-0.15, -0.1) is 0 Å². The number of benzene rings is 2. The van der Waals surface area contributed by atoms with Crippen LogP contribution < -0.4 is 10.2 Å². The largest absolute Gasteiger partial charge is 0.369 e. The van der Waals surface area contributed by atoms with E-state index in [1.807, 2.05) is 0 Å². The molecule has 1 saturated heterocycles. The molecule has 0 spiro atoms. The van der Waals surface area contributed by atoms with Crippen molar-refractivity contribution in [1.29, 1.82) is 0 Å². The SMILES string of the molecule is O=C(CN1CCN(c2ccc(F)cc2)CC1)Nc1ccc(F)cc1. The highest BCUT2D eigenvalue weighted by molar-refractivity contribution is 5.92. The first-order chi connectivity index (χ1) is 11.6. The van der Waals surface area contributed by atoms with Crippen LogP contribution in [-0.2, 0) is 4.79 Å². The van der Waals surface area contributed by atoms with Gasteiger partial charge >= 0.3 is 0 Å². The first-order valence-corrected chi connectivity index (χ1v) is 7.88. The van der Waals surface area contributed by atoms with Crippen LogP contribution in [0, 0.1) is 11.6 Å². The summed E-state index contributed by atoms with van der Waals surface area (Å²) in [6.45, 7) is 3.39. The summed E-state index contributed by atoms with van der Waals surface area (Å²) in [4.78, 5) is 16.3. The molecule has 1 amide bonds. The van der Waals surface area contributed by atoms with E-state index >= 15 is 0 Å². The summed E-state index contributed by atoms with van der Waals surface area (Å²) < 4.78 is 25.8. The normalized spacial score (nSPS) is 15.3. The number of hydrogen-bond acceptors (Lipinski definition) is 3. The summed E-state index contributed by atoms with van der Waals surface area (Å²) in [5, 5.41) is 2.76. The van der Waals surface area contributed by atoms with Gasteiger partial charge in [-0.05, 0) is 48.5 Å². The quantitative estimate of drug-likeness (QED) is 0.936. The maximum Gasteiger partial charge on any atom is 0.238 e. The molecule has 1 N–H and O–H groups in total. The second kappa shape index (κ2) is 7.40. The van der Waals surface area contributed by atoms with Crippen molar-refractivity contribution >= 4 is 17.3 Å². The zero-order valence-corrected chi connectivity index (χ0v) is 13.2. The molecular weight excluding hydrogens is 312 g/mol. The summed E-state index contributed by atoms with van der Waals surface area (Å²) >= 11 is 0. The molecule has 0 aliphatic carbocycles. The Hall–Kier alpha value is -2.47. The Morgan fingerprint density at radius 2 is 1.42 bits per heavy atom. The molecule has 4 nitrogen and oxygen atoms in total. The third-order valence-corrected chi connectivity index (χ3v) is 4.06. The van der Waals surface area contributed by atoms with Gasteiger partial charge in [-0.3, -0.25) is 9.69 Å². The van der Waals surface area contributed by atoms with Crippen LogP contribution in [0.2, 0.25) is 0 Å². The summed E-state index contributed by atoms with van der Waals surface area (Å²) in [7, 11) is 0. The van der Waals surface area contributed by atoms with Crippen molar-refractivity contribution in [2.24, 2.45) is 0 Å². The lowest BCUT2D eigenvalue weighted by Crippen LogP contribution is -2.48. The molecule has 0 saturated carbocycles. The van der Waals surface area contributed by atoms with E-state index in [9.17, 15) is 13.6 Å². The van der Waals surface area contributed by atoms with Gasteiger partial charge in [0.15, 0.2) is 0 Å². The number of carbonyl (C=O) groups excluding carboxylic acids is 1. The van der Waals surface area contributed by atoms with Gasteiger partial charge in [0.05, 0.1) is 6.54 Å². The number of hydrogen-bond donors (Lipinski definition) is 1. The minimum absolute atomic E-state index is 0.114. The fourth-order valence-corrected chi connectivity index (χ4v) is 2.75. The Morgan fingerprint density at radius 1 is 0.875 bits per heavy atom. The second-order valence-electron chi connectivity index (χ2n) is 5.79. The number of nitrogens with one attached hydrogen (secondary N) is 1. The highest BCUT2D eigenvalue weighted by atomic mass is 19.1. The summed E-state index contributed by atoms with van der Waals surface area (Å²) in [6, 6.07) is 12.2. The number of anilines is 2. The first-order valence-electron chi connectivity index (χ1n) is 7.88. The van der Waals surface area contributed by atoms with Crippen molar-refractivity contribution in [1.82, 2.24) is 4.90 Å². The summed E-state index contributed by atoms with van der Waals surface area (Å²) in [5.74, 6) is -0.684. The Balaban J connectivity index is 1.47. The molecule has 1 aliphatic rings. The first kappa shape index (κ1) is 16.4. The predicted molar refractivity (Wildman–Crippen MR) is 90.1 cm³/mol. The van der Waals surface area contributed by atoms with E-state index in [2.05, 4.69) is 15.1 Å². The van der Waals surface area contributed by atoms with Crippen molar-refractivity contribution in [2.75, 3.05) is 42.9 Å². The lowest BCUT2D eigenvalue weighted by Gasteiger charge is -2.35. The van der Waals surface area contributed by atoms with E-state index in [0.29, 0.717) is 12.2 Å². The summed E-state index contributed by atoms with van der Waals surface area (Å²) in [5.41, 5.74) is 1.58. The van der Waals surface area contributed by atoms with E-state index in [0.717, 1.165) is 31.9 Å². The van der Waals surface area contributed by atoms with Crippen LogP contribution in [0.4, 0.5) is 20.2 Å². The molecule has 0 radical (unpaired) electrons. The van der Waals surface area contributed by atoms with Crippen molar-refractivity contribution < 1.29 is 13.6 Å². The number of carbonyl (C=O) groups is 1. The van der Waals surface area contributed by atoms with Crippen LogP contribution in [0.15, 0.2) is 48.5 Å². The van der Waals surface area contributed by atoms with Crippen LogP contribution in [0.25, 0.3) is 0 Å². The average molecular weight is 331 g/mol. The maximum atomic E-state index is 13.0. The number of amides is 1. The van der Waals surface area contributed by atoms with E-state index in [1.54, 1.807) is 24.3 Å². The number of halogens is 2. The van der Waals surface area contributed by atoms with Gasteiger partial charge < -0.3 is 10.2 Å². The van der Waals surface area contributed by atoms with Crippen LogP contribution in [0.1, 0.15) is 0 Å². The molecule has 1 aliphatic heterocycles. The lowest BCUT2D eigenvalue weighted by atomic mass is 10.2. The molecule has 6 heteroatoms. The fourth-order valence-electron chi connectivity index (χ4n) is 2.75. The van der Waals surface area contributed by atoms with Crippen LogP contribution >= 0.6 is 0 Å². The van der Waals surface area contributed by atoms with Crippen molar-refractivity contribution in [3.05, 3.63) is 60.2 Å². The zero-order chi connectivity index (χ0) is 16.9. The third kappa shape index (κ3) is 4.29. The van der Waals surface area contributed by atoms with Gasteiger partial charge in [0.25, 0.3) is 0 Å². The van der Waals surface area contributed by atoms with E-state index in [-0.39, 0.29) is 17.5 Å². The Bertz CT molecular complexity index is 680. The van der Waals surface area contributed by atoms with Gasteiger partial charge in [0.1, 0.15) is 11.6 Å². The molecule has 3 rings (SSSR count). The zero-order valence-electron chi connectivity index (χ0n) is 13.2. The second-order valence-corrected chi connectivity index (χ2v) is 5.79. The topological polar surface area (TPSA) is 35.6 Å². The highest BCUT2D eigenvalue weighted by Gasteiger charge is 2.19. The van der Waals surface area contributed by atoms with Crippen LogP contribution in [0.5, 0.6) is 0 Å². The molecule has 1 heterocycles. The van der Waals surface area contributed by atoms with Gasteiger partial charge in [0.2, 0.25) is 5.91 Å². The molecule has 2 aromatic carbocycles. The van der Waals surface area contributed by atoms with E-state index < -0.39 is 0 Å². The Kier molecular flexibility index (Phi) is 5.05. The number of rotatable bonds is 4. The maximum absolute atomic E-state index is 13.0. The molecule has 0 atom stereocenters. The molecular formula is C18H19F2N3O. The van der Waals surface area contributed by atoms with E-state index in [4.69, 9.17) is 0 Å². The minimum Gasteiger partial charge on any atom is -0.369 e. The fraction of sp³-hybridized carbons (Fsp3) is 0.278. The smallest absolute Gasteiger partial charge is 0.238 e. The van der Waals surface area contributed by atoms with Crippen molar-refractivity contribution in [3.8, 4) is 0 Å². The third-order valence-electron chi connectivity index (χ3n) is 4.06. The minimum atomic E-state index is -0.329. The molecule has 126 valence electrons. The van der Waals surface area contributed by atoms with Gasteiger partial charge in [-0.2, -0.15) is 0 Å². The van der Waals surface area contributed by atoms with Crippen LogP contribution in [0.3, 0.4) is 0 Å². The van der Waals surface area contributed by atoms with Crippen molar-refractivity contribution in [3.63, 3.8) is 0 Å². The summed E-state index contributed by atoms with van der Waals surface area (Å²) in [6.07, 6.45) is 0. The molecule has 24 heavy (non-hydrogen) atoms. The van der Waals surface area contributed by atoms with Crippen molar-refractivity contribution in [2.45, 2.75) is 0 Å². The standard InChI is InChI=1S/C18H19F2N3O/c19-14-1-5-16(6-2-14)21-18(24)13-22-9-11-23(12-10-22)17-7-3-15(20)4-8-17/h1-8H,9-13H2,(H,21,24). The van der Waals surface area contributed by atoms with Gasteiger partial charge in [-0.1, -0.05) is 0 Å². The van der Waals surface area contributed by atoms with Gasteiger partial charge in [-0.25, -0.2) is 8.78 Å². The highest BCUT2D eigenvalue weighted by Crippen LogP contribution is 2.17. The molecule has 0 aromatic heterocycles. The van der Waals surface area contributed by atoms with Gasteiger partial charge in [0, 0.05) is 37.6 Å². The van der Waals surface area contributed by atoms with E-state index in [1.165, 1.54) is 24.3 Å². The van der Waals surface area contributed by atoms with Crippen LogP contribution in [-0.4, -0.2) is 43.5 Å². The molecule has 2 aromatic rings. The average Bonchev–Trinajstić information content (AvgIpc) is 2.58. The molecule has 1 fully saturated rings. The monoisotopic (exact) mass is 331 g/mol. The molecule has 0 unspecified atom stereocenters. The molecule has 0 bridgehead atoms. The Morgan fingerprint density at radius 3 is 2.00 bits per heavy atom. The predicted octanol–water partition coefficient (Wildman–Crippen LogP) is 2.73. The Labute approximate surface area is 139 Å². The number of nitrogens with zero attached hydrogens (tertiary/aromatic N) is 2. The number of piperazine rings is 1. The lowest BCUT2D eigenvalue weighted by molar-refractivity contribution is -0.117.